The van der Waals surface area contributed by atoms with E-state index in [0.717, 1.165) is 11.4 Å². The maximum Gasteiger partial charge on any atom is 0.171 e. The molecule has 16 heavy (non-hydrogen) atoms. The molecule has 2 aliphatic rings. The first-order chi connectivity index (χ1) is 7.75. The van der Waals surface area contributed by atoms with Gasteiger partial charge in [0.25, 0.3) is 0 Å². The number of nitrogens with zero attached hydrogens (tertiary/aromatic N) is 5. The van der Waals surface area contributed by atoms with Crippen molar-refractivity contribution in [3.05, 3.63) is 30.4 Å². The topological polar surface area (TPSA) is 71.8 Å². The van der Waals surface area contributed by atoms with Gasteiger partial charge in [0.2, 0.25) is 0 Å². The summed E-state index contributed by atoms with van der Waals surface area (Å²) in [6.07, 6.45) is 7.46. The molecule has 6 heteroatoms. The highest BCUT2D eigenvalue weighted by atomic mass is 15.3. The lowest BCUT2D eigenvalue weighted by molar-refractivity contribution is 0.458. The van der Waals surface area contributed by atoms with Crippen LogP contribution in [0.25, 0.3) is 0 Å². The minimum atomic E-state index is 0.189. The fraction of sp³-hybridized carbons (Fsp3) is 0.300. The molecule has 2 N–H and O–H groups in total. The van der Waals surface area contributed by atoms with Crippen LogP contribution in [0.1, 0.15) is 11.6 Å². The minimum Gasteiger partial charge on any atom is -0.381 e. The zero-order chi connectivity index (χ0) is 11.1. The number of aryl methyl sites for hydroxylation is 1. The average Bonchev–Trinajstić information content (AvgIpc) is 2.84. The van der Waals surface area contributed by atoms with Crippen molar-refractivity contribution in [2.75, 3.05) is 6.54 Å². The van der Waals surface area contributed by atoms with Crippen molar-refractivity contribution >= 4 is 11.7 Å². The van der Waals surface area contributed by atoms with Crippen LogP contribution in [-0.4, -0.2) is 32.9 Å². The summed E-state index contributed by atoms with van der Waals surface area (Å²) in [7, 11) is 1.90. The first-order valence-corrected chi connectivity index (χ1v) is 5.07. The molecule has 1 unspecified atom stereocenters. The highest BCUT2D eigenvalue weighted by molar-refractivity contribution is 6.41. The molecule has 6 nitrogen and oxygen atoms in total. The molecule has 1 aromatic rings. The lowest BCUT2D eigenvalue weighted by Crippen LogP contribution is -2.37. The molecule has 0 saturated heterocycles. The third kappa shape index (κ3) is 1.23. The van der Waals surface area contributed by atoms with E-state index >= 15 is 0 Å². The van der Waals surface area contributed by atoms with E-state index in [1.807, 2.05) is 30.5 Å². The van der Waals surface area contributed by atoms with Crippen LogP contribution in [0, 0.1) is 0 Å². The van der Waals surface area contributed by atoms with Crippen LogP contribution in [0.2, 0.25) is 0 Å². The van der Waals surface area contributed by atoms with Gasteiger partial charge in [0, 0.05) is 31.2 Å². The van der Waals surface area contributed by atoms with Crippen LogP contribution in [-0.2, 0) is 7.05 Å². The maximum absolute atomic E-state index is 5.77. The molecule has 2 aliphatic heterocycles. The van der Waals surface area contributed by atoms with Crippen LogP contribution in [0.4, 0.5) is 0 Å². The van der Waals surface area contributed by atoms with Gasteiger partial charge in [0.05, 0.1) is 18.8 Å². The summed E-state index contributed by atoms with van der Waals surface area (Å²) >= 11 is 0. The van der Waals surface area contributed by atoms with Crippen molar-refractivity contribution in [2.24, 2.45) is 22.8 Å². The minimum absolute atomic E-state index is 0.189. The number of nitrogens with two attached hydrogens (primary N) is 1. The molecule has 0 saturated carbocycles. The van der Waals surface area contributed by atoms with Crippen LogP contribution in [0.5, 0.6) is 0 Å². The second kappa shape index (κ2) is 3.19. The van der Waals surface area contributed by atoms with Crippen molar-refractivity contribution in [3.8, 4) is 0 Å². The van der Waals surface area contributed by atoms with Crippen molar-refractivity contribution in [3.63, 3.8) is 0 Å². The summed E-state index contributed by atoms with van der Waals surface area (Å²) < 4.78 is 1.79. The average molecular weight is 216 g/mol. The second-order valence-electron chi connectivity index (χ2n) is 3.85. The standard InChI is InChI=1S/C10H12N6/c1-15-6-7(4-14-15)8-5-13-10-9(11)12-2-3-16(8)10/h2-4,6,8H,5H2,1H3,(H2,11,12). The largest absolute Gasteiger partial charge is 0.381 e. The Morgan fingerprint density at radius 1 is 1.50 bits per heavy atom. The van der Waals surface area contributed by atoms with Crippen molar-refractivity contribution in [2.45, 2.75) is 6.04 Å². The summed E-state index contributed by atoms with van der Waals surface area (Å²) in [4.78, 5) is 10.5. The Hall–Kier alpha value is -2.11. The molecule has 3 rings (SSSR count). The second-order valence-corrected chi connectivity index (χ2v) is 3.85. The fourth-order valence-electron chi connectivity index (χ4n) is 2.00. The summed E-state index contributed by atoms with van der Waals surface area (Å²) in [5.41, 5.74) is 6.91. The molecule has 1 atom stereocenters. The van der Waals surface area contributed by atoms with Gasteiger partial charge in [-0.25, -0.2) is 4.99 Å². The predicted octanol–water partition coefficient (Wildman–Crippen LogP) is 0.0173. The molecule has 0 aliphatic carbocycles. The number of hydrogen-bond acceptors (Lipinski definition) is 5. The molecule has 0 fully saturated rings. The predicted molar refractivity (Wildman–Crippen MR) is 60.9 cm³/mol. The van der Waals surface area contributed by atoms with E-state index in [1.165, 1.54) is 0 Å². The molecule has 0 bridgehead atoms. The Kier molecular flexibility index (Phi) is 1.82. The number of hydrogen-bond donors (Lipinski definition) is 1. The number of aromatic nitrogens is 2. The SMILES string of the molecule is Cn1cc(C2CN=C3C(N)=NC=CN32)cn1. The van der Waals surface area contributed by atoms with Crippen LogP contribution >= 0.6 is 0 Å². The number of aliphatic imine (C=N–C) groups is 2. The molecule has 1 aromatic heterocycles. The van der Waals surface area contributed by atoms with Gasteiger partial charge in [-0.1, -0.05) is 0 Å². The fourth-order valence-corrected chi connectivity index (χ4v) is 2.00. The van der Waals surface area contributed by atoms with Gasteiger partial charge in [-0.05, 0) is 0 Å². The Balaban J connectivity index is 1.93. The van der Waals surface area contributed by atoms with Gasteiger partial charge < -0.3 is 10.6 Å². The van der Waals surface area contributed by atoms with Crippen LogP contribution in [0.3, 0.4) is 0 Å². The zero-order valence-corrected chi connectivity index (χ0v) is 8.91. The van der Waals surface area contributed by atoms with Crippen LogP contribution < -0.4 is 5.73 Å². The maximum atomic E-state index is 5.77. The van der Waals surface area contributed by atoms with Crippen molar-refractivity contribution < 1.29 is 0 Å². The van der Waals surface area contributed by atoms with E-state index in [1.54, 1.807) is 10.9 Å². The quantitative estimate of drug-likeness (QED) is 0.719. The third-order valence-electron chi connectivity index (χ3n) is 2.77. The van der Waals surface area contributed by atoms with E-state index in [2.05, 4.69) is 15.1 Å². The third-order valence-corrected chi connectivity index (χ3v) is 2.77. The van der Waals surface area contributed by atoms with E-state index in [4.69, 9.17) is 5.73 Å². The van der Waals surface area contributed by atoms with E-state index in [0.29, 0.717) is 12.4 Å². The van der Waals surface area contributed by atoms with Gasteiger partial charge in [-0.2, -0.15) is 5.10 Å². The molecular weight excluding hydrogens is 204 g/mol. The molecule has 0 spiro atoms. The lowest BCUT2D eigenvalue weighted by atomic mass is 10.1. The molecule has 82 valence electrons. The molecule has 3 heterocycles. The summed E-state index contributed by atoms with van der Waals surface area (Å²) in [6.45, 7) is 0.696. The Labute approximate surface area is 92.8 Å². The number of rotatable bonds is 1. The first-order valence-electron chi connectivity index (χ1n) is 5.07. The number of fused-ring (bicyclic) bond motifs is 1. The smallest absolute Gasteiger partial charge is 0.171 e. The van der Waals surface area contributed by atoms with E-state index < -0.39 is 0 Å². The Bertz CT molecular complexity index is 509. The lowest BCUT2D eigenvalue weighted by Gasteiger charge is -2.24. The summed E-state index contributed by atoms with van der Waals surface area (Å²) in [5, 5.41) is 4.17. The molecular formula is C10H12N6. The molecule has 0 radical (unpaired) electrons. The van der Waals surface area contributed by atoms with Crippen molar-refractivity contribution in [1.29, 1.82) is 0 Å². The van der Waals surface area contributed by atoms with E-state index in [-0.39, 0.29) is 6.04 Å². The Morgan fingerprint density at radius 2 is 2.38 bits per heavy atom. The zero-order valence-electron chi connectivity index (χ0n) is 8.91. The monoisotopic (exact) mass is 216 g/mol. The van der Waals surface area contributed by atoms with Gasteiger partial charge in [0.1, 0.15) is 0 Å². The molecule has 0 aromatic carbocycles. The summed E-state index contributed by atoms with van der Waals surface area (Å²) in [6, 6.07) is 0.189. The van der Waals surface area contributed by atoms with Crippen molar-refractivity contribution in [1.82, 2.24) is 14.7 Å². The van der Waals surface area contributed by atoms with Gasteiger partial charge >= 0.3 is 0 Å². The highest BCUT2D eigenvalue weighted by Gasteiger charge is 2.31. The van der Waals surface area contributed by atoms with E-state index in [9.17, 15) is 0 Å². The van der Waals surface area contributed by atoms with Gasteiger partial charge in [0.15, 0.2) is 11.7 Å². The first kappa shape index (κ1) is 9.14. The normalized spacial score (nSPS) is 23.1. The highest BCUT2D eigenvalue weighted by Crippen LogP contribution is 2.27. The summed E-state index contributed by atoms with van der Waals surface area (Å²) in [5.74, 6) is 1.24. The van der Waals surface area contributed by atoms with Gasteiger partial charge in [-0.15, -0.1) is 0 Å². The van der Waals surface area contributed by atoms with Gasteiger partial charge in [-0.3, -0.25) is 9.67 Å². The Morgan fingerprint density at radius 3 is 3.12 bits per heavy atom. The van der Waals surface area contributed by atoms with Crippen LogP contribution in [0.15, 0.2) is 34.8 Å². The number of amidine groups is 2. The molecule has 0 amide bonds.